The SMILES string of the molecule is Cc1nn(CC(C)C)c(C)c1CC(=O)N(C)C1CCNCC1.Cl. The average Bonchev–Trinajstić information content (AvgIpc) is 2.74. The van der Waals surface area contributed by atoms with Crippen molar-refractivity contribution in [1.82, 2.24) is 20.0 Å². The molecular weight excluding hydrogens is 312 g/mol. The second kappa shape index (κ2) is 8.69. The van der Waals surface area contributed by atoms with Crippen molar-refractivity contribution in [3.8, 4) is 0 Å². The van der Waals surface area contributed by atoms with Crippen LogP contribution in [0.5, 0.6) is 0 Å². The Morgan fingerprint density at radius 2 is 1.96 bits per heavy atom. The zero-order chi connectivity index (χ0) is 16.3. The Balaban J connectivity index is 0.00000264. The van der Waals surface area contributed by atoms with Gasteiger partial charge in [-0.1, -0.05) is 13.8 Å². The standard InChI is InChI=1S/C17H30N4O.ClH/c1-12(2)11-21-14(4)16(13(3)19-21)10-17(22)20(5)15-6-8-18-9-7-15;/h12,15,18H,6-11H2,1-5H3;1H. The van der Waals surface area contributed by atoms with Crippen LogP contribution in [0.1, 0.15) is 43.6 Å². The van der Waals surface area contributed by atoms with Gasteiger partial charge in [-0.3, -0.25) is 9.48 Å². The number of piperidine rings is 1. The Morgan fingerprint density at radius 3 is 2.52 bits per heavy atom. The maximum atomic E-state index is 12.6. The molecule has 5 nitrogen and oxygen atoms in total. The number of halogens is 1. The zero-order valence-electron chi connectivity index (χ0n) is 15.1. The van der Waals surface area contributed by atoms with Crippen LogP contribution in [0.2, 0.25) is 0 Å². The molecule has 1 aromatic rings. The molecular formula is C17H31ClN4O. The van der Waals surface area contributed by atoms with Gasteiger partial charge in [0.15, 0.2) is 0 Å². The summed E-state index contributed by atoms with van der Waals surface area (Å²) in [7, 11) is 1.95. The fourth-order valence-electron chi connectivity index (χ4n) is 3.19. The van der Waals surface area contributed by atoms with E-state index in [1.54, 1.807) is 0 Å². The van der Waals surface area contributed by atoms with E-state index in [0.717, 1.165) is 49.4 Å². The molecule has 2 rings (SSSR count). The first kappa shape index (κ1) is 20.0. The molecule has 1 saturated heterocycles. The summed E-state index contributed by atoms with van der Waals surface area (Å²) in [6.45, 7) is 11.4. The van der Waals surface area contributed by atoms with Gasteiger partial charge in [0.05, 0.1) is 12.1 Å². The predicted octanol–water partition coefficient (Wildman–Crippen LogP) is 2.33. The molecule has 0 bridgehead atoms. The summed E-state index contributed by atoms with van der Waals surface area (Å²) in [5.74, 6) is 0.765. The molecule has 0 aromatic carbocycles. The lowest BCUT2D eigenvalue weighted by Crippen LogP contribution is -2.44. The topological polar surface area (TPSA) is 50.2 Å². The highest BCUT2D eigenvalue weighted by Crippen LogP contribution is 2.18. The maximum Gasteiger partial charge on any atom is 0.227 e. The number of amides is 1. The lowest BCUT2D eigenvalue weighted by atomic mass is 10.0. The molecule has 1 N–H and O–H groups in total. The van der Waals surface area contributed by atoms with E-state index in [1.165, 1.54) is 0 Å². The Bertz CT molecular complexity index is 521. The van der Waals surface area contributed by atoms with Gasteiger partial charge in [0.1, 0.15) is 0 Å². The van der Waals surface area contributed by atoms with Gasteiger partial charge in [-0.15, -0.1) is 12.4 Å². The van der Waals surface area contributed by atoms with E-state index in [0.29, 0.717) is 18.4 Å². The fourth-order valence-corrected chi connectivity index (χ4v) is 3.19. The molecule has 0 atom stereocenters. The van der Waals surface area contributed by atoms with Gasteiger partial charge < -0.3 is 10.2 Å². The van der Waals surface area contributed by atoms with Crippen LogP contribution in [0.15, 0.2) is 0 Å². The van der Waals surface area contributed by atoms with Crippen LogP contribution in [-0.4, -0.2) is 46.8 Å². The minimum atomic E-state index is 0. The van der Waals surface area contributed by atoms with Crippen molar-refractivity contribution >= 4 is 18.3 Å². The number of nitrogens with zero attached hydrogens (tertiary/aromatic N) is 3. The van der Waals surface area contributed by atoms with Crippen LogP contribution in [0.3, 0.4) is 0 Å². The highest BCUT2D eigenvalue weighted by molar-refractivity contribution is 5.85. The molecule has 2 heterocycles. The highest BCUT2D eigenvalue weighted by Gasteiger charge is 2.24. The van der Waals surface area contributed by atoms with E-state index in [4.69, 9.17) is 0 Å². The summed E-state index contributed by atoms with van der Waals surface area (Å²) in [5.41, 5.74) is 3.23. The zero-order valence-corrected chi connectivity index (χ0v) is 15.9. The summed E-state index contributed by atoms with van der Waals surface area (Å²) in [6.07, 6.45) is 2.57. The summed E-state index contributed by atoms with van der Waals surface area (Å²) in [6, 6.07) is 0.375. The Hall–Kier alpha value is -1.07. The third-order valence-electron chi connectivity index (χ3n) is 4.65. The molecule has 0 saturated carbocycles. The van der Waals surface area contributed by atoms with Crippen molar-refractivity contribution in [3.63, 3.8) is 0 Å². The van der Waals surface area contributed by atoms with E-state index >= 15 is 0 Å². The average molecular weight is 343 g/mol. The molecule has 1 fully saturated rings. The van der Waals surface area contributed by atoms with Gasteiger partial charge in [-0.25, -0.2) is 0 Å². The first-order valence-electron chi connectivity index (χ1n) is 8.39. The number of carbonyl (C=O) groups excluding carboxylic acids is 1. The van der Waals surface area contributed by atoms with E-state index < -0.39 is 0 Å². The number of likely N-dealkylation sites (N-methyl/N-ethyl adjacent to an activating group) is 1. The predicted molar refractivity (Wildman–Crippen MR) is 96.2 cm³/mol. The summed E-state index contributed by atoms with van der Waals surface area (Å²) >= 11 is 0. The lowest BCUT2D eigenvalue weighted by molar-refractivity contribution is -0.131. The quantitative estimate of drug-likeness (QED) is 0.893. The number of aryl methyl sites for hydroxylation is 1. The number of carbonyl (C=O) groups is 1. The largest absolute Gasteiger partial charge is 0.342 e. The second-order valence-electron chi connectivity index (χ2n) is 6.89. The summed E-state index contributed by atoms with van der Waals surface area (Å²) < 4.78 is 2.05. The van der Waals surface area contributed by atoms with Gasteiger partial charge in [0.2, 0.25) is 5.91 Å². The molecule has 1 aliphatic rings. The Morgan fingerprint density at radius 1 is 1.35 bits per heavy atom. The molecule has 1 aromatic heterocycles. The van der Waals surface area contributed by atoms with Crippen molar-refractivity contribution in [3.05, 3.63) is 17.0 Å². The molecule has 0 aliphatic carbocycles. The van der Waals surface area contributed by atoms with Crippen LogP contribution < -0.4 is 5.32 Å². The van der Waals surface area contributed by atoms with Gasteiger partial charge in [0.25, 0.3) is 0 Å². The van der Waals surface area contributed by atoms with Gasteiger partial charge >= 0.3 is 0 Å². The van der Waals surface area contributed by atoms with E-state index in [1.807, 2.05) is 23.6 Å². The smallest absolute Gasteiger partial charge is 0.227 e. The van der Waals surface area contributed by atoms with Crippen LogP contribution in [0.25, 0.3) is 0 Å². The van der Waals surface area contributed by atoms with Crippen LogP contribution in [0.4, 0.5) is 0 Å². The van der Waals surface area contributed by atoms with Crippen molar-refractivity contribution in [2.45, 2.75) is 59.5 Å². The second-order valence-corrected chi connectivity index (χ2v) is 6.89. The van der Waals surface area contributed by atoms with Crippen LogP contribution in [0, 0.1) is 19.8 Å². The number of rotatable bonds is 5. The lowest BCUT2D eigenvalue weighted by Gasteiger charge is -2.31. The molecule has 1 amide bonds. The van der Waals surface area contributed by atoms with Crippen molar-refractivity contribution in [2.75, 3.05) is 20.1 Å². The number of hydrogen-bond acceptors (Lipinski definition) is 3. The first-order chi connectivity index (χ1) is 10.4. The van der Waals surface area contributed by atoms with Crippen molar-refractivity contribution in [1.29, 1.82) is 0 Å². The summed E-state index contributed by atoms with van der Waals surface area (Å²) in [4.78, 5) is 14.6. The minimum absolute atomic E-state index is 0. The van der Waals surface area contributed by atoms with Crippen molar-refractivity contribution in [2.24, 2.45) is 5.92 Å². The molecule has 6 heteroatoms. The van der Waals surface area contributed by atoms with Gasteiger partial charge in [0, 0.05) is 30.9 Å². The normalized spacial score (nSPS) is 15.6. The Labute approximate surface area is 146 Å². The van der Waals surface area contributed by atoms with E-state index in [-0.39, 0.29) is 18.3 Å². The molecule has 0 spiro atoms. The van der Waals surface area contributed by atoms with Crippen LogP contribution >= 0.6 is 12.4 Å². The number of hydrogen-bond donors (Lipinski definition) is 1. The monoisotopic (exact) mass is 342 g/mol. The number of nitrogens with one attached hydrogen (secondary N) is 1. The van der Waals surface area contributed by atoms with E-state index in [9.17, 15) is 4.79 Å². The maximum absolute atomic E-state index is 12.6. The molecule has 0 radical (unpaired) electrons. The van der Waals surface area contributed by atoms with Crippen LogP contribution in [-0.2, 0) is 17.8 Å². The molecule has 0 unspecified atom stereocenters. The molecule has 1 aliphatic heterocycles. The first-order valence-corrected chi connectivity index (χ1v) is 8.39. The third-order valence-corrected chi connectivity index (χ3v) is 4.65. The van der Waals surface area contributed by atoms with Gasteiger partial charge in [-0.2, -0.15) is 5.10 Å². The number of aromatic nitrogens is 2. The third kappa shape index (κ3) is 4.95. The fraction of sp³-hybridized carbons (Fsp3) is 0.765. The van der Waals surface area contributed by atoms with Gasteiger partial charge in [-0.05, 0) is 45.7 Å². The van der Waals surface area contributed by atoms with E-state index in [2.05, 4.69) is 31.2 Å². The Kier molecular flexibility index (Phi) is 7.55. The van der Waals surface area contributed by atoms with Crippen molar-refractivity contribution < 1.29 is 4.79 Å². The molecule has 132 valence electrons. The summed E-state index contributed by atoms with van der Waals surface area (Å²) in [5, 5.41) is 7.96. The minimum Gasteiger partial charge on any atom is -0.342 e. The highest BCUT2D eigenvalue weighted by atomic mass is 35.5. The molecule has 23 heavy (non-hydrogen) atoms.